The van der Waals surface area contributed by atoms with Crippen LogP contribution in [0.4, 0.5) is 5.82 Å². The van der Waals surface area contributed by atoms with Crippen molar-refractivity contribution < 1.29 is 9.53 Å². The first-order chi connectivity index (χ1) is 8.04. The molecule has 1 aromatic rings. The molecule has 1 unspecified atom stereocenters. The second-order valence-corrected chi connectivity index (χ2v) is 4.48. The number of halogens is 1. The average Bonchev–Trinajstić information content (AvgIpc) is 2.29. The van der Waals surface area contributed by atoms with E-state index in [9.17, 15) is 4.79 Å². The Morgan fingerprint density at radius 1 is 1.59 bits per heavy atom. The lowest BCUT2D eigenvalue weighted by atomic mass is 10.0. The summed E-state index contributed by atoms with van der Waals surface area (Å²) in [5, 5.41) is 3.35. The van der Waals surface area contributed by atoms with Gasteiger partial charge in [0.15, 0.2) is 0 Å². The Labute approximate surface area is 106 Å². The first-order valence-electron chi connectivity index (χ1n) is 5.34. The van der Waals surface area contributed by atoms with E-state index in [0.29, 0.717) is 23.2 Å². The minimum Gasteiger partial charge on any atom is -0.467 e. The summed E-state index contributed by atoms with van der Waals surface area (Å²) in [7, 11) is 1.36. The van der Waals surface area contributed by atoms with Crippen LogP contribution in [-0.2, 0) is 9.53 Å². The number of methoxy groups -OCH3 is 1. The number of nitrogens with one attached hydrogen (secondary N) is 1. The fourth-order valence-electron chi connectivity index (χ4n) is 1.41. The van der Waals surface area contributed by atoms with Crippen LogP contribution in [0.3, 0.4) is 0 Å². The van der Waals surface area contributed by atoms with Gasteiger partial charge >= 0.3 is 5.97 Å². The summed E-state index contributed by atoms with van der Waals surface area (Å²) >= 11 is 5.91. The molecule has 0 spiro atoms. The Kier molecular flexibility index (Phi) is 5.15. The molecule has 17 heavy (non-hydrogen) atoms. The van der Waals surface area contributed by atoms with Crippen LogP contribution in [0.5, 0.6) is 0 Å². The average molecular weight is 258 g/mol. The van der Waals surface area contributed by atoms with Gasteiger partial charge in [-0.1, -0.05) is 25.4 Å². The maximum atomic E-state index is 11.6. The smallest absolute Gasteiger partial charge is 0.328 e. The number of anilines is 1. The second kappa shape index (κ2) is 6.39. The minimum absolute atomic E-state index is 0.326. The molecular formula is C11H16ClN3O2. The number of aromatic nitrogens is 2. The number of rotatable bonds is 5. The summed E-state index contributed by atoms with van der Waals surface area (Å²) in [6, 6.07) is -0.451. The Morgan fingerprint density at radius 3 is 2.82 bits per heavy atom. The summed E-state index contributed by atoms with van der Waals surface area (Å²) in [4.78, 5) is 19.4. The zero-order valence-corrected chi connectivity index (χ0v) is 10.9. The van der Waals surface area contributed by atoms with Gasteiger partial charge in [-0.25, -0.2) is 14.8 Å². The van der Waals surface area contributed by atoms with Crippen LogP contribution in [0.25, 0.3) is 0 Å². The molecule has 5 nitrogen and oxygen atoms in total. The van der Waals surface area contributed by atoms with Gasteiger partial charge in [-0.2, -0.15) is 0 Å². The Balaban J connectivity index is 2.79. The van der Waals surface area contributed by atoms with E-state index in [4.69, 9.17) is 16.3 Å². The molecule has 0 aromatic carbocycles. The molecule has 0 amide bonds. The highest BCUT2D eigenvalue weighted by Gasteiger charge is 2.21. The van der Waals surface area contributed by atoms with E-state index in [-0.39, 0.29) is 5.97 Å². The van der Waals surface area contributed by atoms with Crippen LogP contribution in [0.1, 0.15) is 20.3 Å². The highest BCUT2D eigenvalue weighted by atomic mass is 35.5. The van der Waals surface area contributed by atoms with Crippen molar-refractivity contribution in [3.05, 3.63) is 17.5 Å². The van der Waals surface area contributed by atoms with Gasteiger partial charge in [-0.05, 0) is 12.3 Å². The monoisotopic (exact) mass is 257 g/mol. The zero-order valence-electron chi connectivity index (χ0n) is 10.1. The van der Waals surface area contributed by atoms with Crippen molar-refractivity contribution in [2.75, 3.05) is 12.4 Å². The number of carbonyl (C=O) groups is 1. The van der Waals surface area contributed by atoms with E-state index in [1.165, 1.54) is 19.6 Å². The molecule has 0 bridgehead atoms. The third-order valence-corrected chi connectivity index (χ3v) is 2.45. The van der Waals surface area contributed by atoms with E-state index in [1.807, 2.05) is 13.8 Å². The van der Waals surface area contributed by atoms with Gasteiger partial charge in [-0.3, -0.25) is 0 Å². The van der Waals surface area contributed by atoms with Gasteiger partial charge in [0.1, 0.15) is 23.2 Å². The number of nitrogens with zero attached hydrogens (tertiary/aromatic N) is 2. The topological polar surface area (TPSA) is 64.1 Å². The molecule has 6 heteroatoms. The first kappa shape index (κ1) is 13.7. The van der Waals surface area contributed by atoms with Crippen molar-refractivity contribution in [2.24, 2.45) is 5.92 Å². The normalized spacial score (nSPS) is 12.3. The molecule has 0 aliphatic heterocycles. The predicted octanol–water partition coefficient (Wildman–Crippen LogP) is 2.13. The van der Waals surface area contributed by atoms with Crippen molar-refractivity contribution in [2.45, 2.75) is 26.3 Å². The lowest BCUT2D eigenvalue weighted by Gasteiger charge is -2.19. The van der Waals surface area contributed by atoms with Crippen LogP contribution in [0.15, 0.2) is 12.5 Å². The largest absolute Gasteiger partial charge is 0.467 e. The fourth-order valence-corrected chi connectivity index (χ4v) is 1.57. The fraction of sp³-hybridized carbons (Fsp3) is 0.545. The van der Waals surface area contributed by atoms with Gasteiger partial charge in [0, 0.05) is 0 Å². The van der Waals surface area contributed by atoms with E-state index in [2.05, 4.69) is 15.3 Å². The van der Waals surface area contributed by atoms with Crippen molar-refractivity contribution in [3.8, 4) is 0 Å². The van der Waals surface area contributed by atoms with Crippen LogP contribution in [-0.4, -0.2) is 29.1 Å². The predicted molar refractivity (Wildman–Crippen MR) is 65.9 cm³/mol. The van der Waals surface area contributed by atoms with Gasteiger partial charge in [-0.15, -0.1) is 0 Å². The van der Waals surface area contributed by atoms with Crippen LogP contribution >= 0.6 is 11.6 Å². The summed E-state index contributed by atoms with van der Waals surface area (Å²) in [6.45, 7) is 4.05. The molecule has 0 saturated carbocycles. The van der Waals surface area contributed by atoms with Gasteiger partial charge in [0.05, 0.1) is 13.3 Å². The zero-order chi connectivity index (χ0) is 12.8. The van der Waals surface area contributed by atoms with E-state index >= 15 is 0 Å². The molecule has 0 fully saturated rings. The lowest BCUT2D eigenvalue weighted by molar-refractivity contribution is -0.141. The number of esters is 1. The molecule has 1 N–H and O–H groups in total. The molecule has 0 aliphatic rings. The Bertz CT molecular complexity index is 385. The third kappa shape index (κ3) is 4.19. The van der Waals surface area contributed by atoms with Gasteiger partial charge in [0.25, 0.3) is 0 Å². The second-order valence-electron chi connectivity index (χ2n) is 4.07. The molecule has 0 saturated heterocycles. The minimum atomic E-state index is -0.451. The standard InChI is InChI=1S/C11H16ClN3O2/c1-7(2)4-9(11(16)17-3)15-10-8(12)5-13-6-14-10/h5-7,9H,4H2,1-3H3,(H,13,14,15). The Morgan fingerprint density at radius 2 is 2.29 bits per heavy atom. The lowest BCUT2D eigenvalue weighted by Crippen LogP contribution is -2.32. The van der Waals surface area contributed by atoms with E-state index in [1.54, 1.807) is 0 Å². The molecule has 1 heterocycles. The number of hydrogen-bond acceptors (Lipinski definition) is 5. The summed E-state index contributed by atoms with van der Waals surface area (Å²) in [5.74, 6) is 0.471. The van der Waals surface area contributed by atoms with E-state index < -0.39 is 6.04 Å². The maximum Gasteiger partial charge on any atom is 0.328 e. The third-order valence-electron chi connectivity index (χ3n) is 2.17. The summed E-state index contributed by atoms with van der Waals surface area (Å²) in [5.41, 5.74) is 0. The molecule has 94 valence electrons. The van der Waals surface area contributed by atoms with Crippen LogP contribution in [0.2, 0.25) is 5.02 Å². The molecule has 1 atom stereocenters. The molecular weight excluding hydrogens is 242 g/mol. The quantitative estimate of drug-likeness (QED) is 0.819. The number of hydrogen-bond donors (Lipinski definition) is 1. The van der Waals surface area contributed by atoms with Crippen molar-refractivity contribution in [3.63, 3.8) is 0 Å². The molecule has 0 radical (unpaired) electrons. The number of ether oxygens (including phenoxy) is 1. The molecule has 1 rings (SSSR count). The van der Waals surface area contributed by atoms with Crippen molar-refractivity contribution in [1.82, 2.24) is 9.97 Å². The molecule has 0 aliphatic carbocycles. The summed E-state index contributed by atoms with van der Waals surface area (Å²) in [6.07, 6.45) is 3.49. The van der Waals surface area contributed by atoms with Gasteiger partial charge < -0.3 is 10.1 Å². The number of carbonyl (C=O) groups excluding carboxylic acids is 1. The molecule has 1 aromatic heterocycles. The first-order valence-corrected chi connectivity index (χ1v) is 5.72. The van der Waals surface area contributed by atoms with Crippen molar-refractivity contribution >= 4 is 23.4 Å². The SMILES string of the molecule is COC(=O)C(CC(C)C)Nc1ncncc1Cl. The highest BCUT2D eigenvalue weighted by Crippen LogP contribution is 2.19. The van der Waals surface area contributed by atoms with Crippen LogP contribution < -0.4 is 5.32 Å². The summed E-state index contributed by atoms with van der Waals surface area (Å²) < 4.78 is 4.74. The Hall–Kier alpha value is -1.36. The van der Waals surface area contributed by atoms with Crippen molar-refractivity contribution in [1.29, 1.82) is 0 Å². The van der Waals surface area contributed by atoms with Gasteiger partial charge in [0.2, 0.25) is 0 Å². The maximum absolute atomic E-state index is 11.6. The van der Waals surface area contributed by atoms with E-state index in [0.717, 1.165) is 0 Å². The highest BCUT2D eigenvalue weighted by molar-refractivity contribution is 6.32. The van der Waals surface area contributed by atoms with Crippen LogP contribution in [0, 0.1) is 5.92 Å².